The van der Waals surface area contributed by atoms with E-state index in [9.17, 15) is 15.0 Å². The molecule has 3 aliphatic carbocycles. The first-order chi connectivity index (χ1) is 15.1. The molecule has 1 aliphatic heterocycles. The van der Waals surface area contributed by atoms with Crippen molar-refractivity contribution >= 4 is 5.97 Å². The van der Waals surface area contributed by atoms with E-state index in [0.717, 1.165) is 11.1 Å². The van der Waals surface area contributed by atoms with E-state index in [2.05, 4.69) is 59.8 Å². The lowest BCUT2D eigenvalue weighted by Crippen LogP contribution is -2.67. The molecule has 4 nitrogen and oxygen atoms in total. The van der Waals surface area contributed by atoms with Gasteiger partial charge >= 0.3 is 5.97 Å². The van der Waals surface area contributed by atoms with Crippen LogP contribution in [-0.2, 0) is 9.53 Å². The van der Waals surface area contributed by atoms with Crippen LogP contribution in [0, 0.1) is 39.4 Å². The van der Waals surface area contributed by atoms with E-state index in [0.29, 0.717) is 0 Å². The fourth-order valence-corrected chi connectivity index (χ4v) is 9.09. The summed E-state index contributed by atoms with van der Waals surface area (Å²) < 4.78 is 5.79. The van der Waals surface area contributed by atoms with Gasteiger partial charge in [-0.15, -0.1) is 0 Å². The molecule has 4 rings (SSSR count). The fourth-order valence-electron chi connectivity index (χ4n) is 9.09. The first-order valence-electron chi connectivity index (χ1n) is 12.4. The van der Waals surface area contributed by atoms with Gasteiger partial charge in [0.05, 0.1) is 12.2 Å². The van der Waals surface area contributed by atoms with Crippen molar-refractivity contribution in [3.63, 3.8) is 0 Å². The maximum Gasteiger partial charge on any atom is 0.315 e. The maximum atomic E-state index is 12.8. The number of carbonyl (C=O) groups excluding carboxylic acids is 1. The Kier molecular flexibility index (Phi) is 5.32. The lowest BCUT2D eigenvalue weighted by atomic mass is 9.34. The van der Waals surface area contributed by atoms with E-state index in [1.54, 1.807) is 0 Å². The average molecular weight is 455 g/mol. The highest BCUT2D eigenvalue weighted by Crippen LogP contribution is 2.73. The molecule has 0 amide bonds. The first-order valence-corrected chi connectivity index (χ1v) is 12.4. The smallest absolute Gasteiger partial charge is 0.315 e. The van der Waals surface area contributed by atoms with E-state index in [1.165, 1.54) is 11.1 Å². The summed E-state index contributed by atoms with van der Waals surface area (Å²) in [5, 5.41) is 22.6. The molecule has 2 saturated carbocycles. The number of ether oxygens (including phenoxy) is 1. The second kappa shape index (κ2) is 7.18. The normalized spacial score (nSPS) is 50.3. The zero-order valence-corrected chi connectivity index (χ0v) is 22.0. The monoisotopic (exact) mass is 454 g/mol. The summed E-state index contributed by atoms with van der Waals surface area (Å²) >= 11 is 0. The minimum Gasteiger partial charge on any atom is -0.461 e. The number of carbonyl (C=O) groups is 1. The van der Waals surface area contributed by atoms with Gasteiger partial charge < -0.3 is 14.9 Å². The van der Waals surface area contributed by atoms with E-state index in [1.807, 2.05) is 33.8 Å². The molecule has 0 spiro atoms. The number of allylic oxidation sites excluding steroid dienone is 6. The molecule has 0 aromatic heterocycles. The van der Waals surface area contributed by atoms with Crippen LogP contribution in [-0.4, -0.2) is 34.5 Å². The lowest BCUT2D eigenvalue weighted by molar-refractivity contribution is -0.169. The number of hydrogen-bond donors (Lipinski definition) is 2. The van der Waals surface area contributed by atoms with Crippen LogP contribution in [0.5, 0.6) is 0 Å². The molecule has 0 radical (unpaired) electrons. The van der Waals surface area contributed by atoms with Gasteiger partial charge in [0.25, 0.3) is 0 Å². The Morgan fingerprint density at radius 2 is 1.79 bits per heavy atom. The van der Waals surface area contributed by atoms with Gasteiger partial charge in [0.1, 0.15) is 11.5 Å². The number of esters is 1. The van der Waals surface area contributed by atoms with Crippen LogP contribution >= 0.6 is 0 Å². The Labute approximate surface area is 199 Å². The fraction of sp³-hybridized carbons (Fsp3) is 0.690. The molecule has 182 valence electrons. The zero-order valence-electron chi connectivity index (χ0n) is 22.0. The van der Waals surface area contributed by atoms with Crippen molar-refractivity contribution in [2.75, 3.05) is 0 Å². The highest BCUT2D eigenvalue weighted by atomic mass is 16.6. The molecular formula is C29H42O4. The third-order valence-corrected chi connectivity index (χ3v) is 10.3. The standard InChI is InChI=1S/C29H42O4/c1-11-16(3)22(30)28(9)20-17(4)12-15(2)13-26(20,7)21(28)18(5)14-27(8)24-19(6)23(31)29(27,10)25(32)33-24/h11-14,19-24,30-31H,1-10H3/b16-11+,18-14+/t19-,20-,21+,22+,23+,24-,26+,27+,28+,29-/m0/s1. The van der Waals surface area contributed by atoms with Crippen LogP contribution in [0.4, 0.5) is 0 Å². The minimum atomic E-state index is -0.967. The molecule has 0 aromatic rings. The third kappa shape index (κ3) is 2.68. The Morgan fingerprint density at radius 3 is 2.33 bits per heavy atom. The second-order valence-corrected chi connectivity index (χ2v) is 12.3. The lowest BCUT2D eigenvalue weighted by Gasteiger charge is -2.69. The van der Waals surface area contributed by atoms with Crippen molar-refractivity contribution < 1.29 is 19.7 Å². The van der Waals surface area contributed by atoms with Crippen LogP contribution in [0.15, 0.2) is 46.6 Å². The molecule has 1 heterocycles. The van der Waals surface area contributed by atoms with Gasteiger partial charge in [0.2, 0.25) is 0 Å². The van der Waals surface area contributed by atoms with Gasteiger partial charge in [0, 0.05) is 22.2 Å². The van der Waals surface area contributed by atoms with E-state index >= 15 is 0 Å². The van der Waals surface area contributed by atoms with Crippen LogP contribution in [0.2, 0.25) is 0 Å². The number of hydrogen-bond acceptors (Lipinski definition) is 4. The van der Waals surface area contributed by atoms with Crippen LogP contribution in [0.1, 0.15) is 69.2 Å². The maximum absolute atomic E-state index is 12.8. The molecule has 10 atom stereocenters. The molecule has 3 fully saturated rings. The van der Waals surface area contributed by atoms with Gasteiger partial charge in [-0.3, -0.25) is 4.79 Å². The van der Waals surface area contributed by atoms with E-state index in [-0.39, 0.29) is 40.7 Å². The van der Waals surface area contributed by atoms with Crippen LogP contribution in [0.3, 0.4) is 0 Å². The van der Waals surface area contributed by atoms with Crippen molar-refractivity contribution in [3.8, 4) is 0 Å². The zero-order chi connectivity index (χ0) is 24.9. The van der Waals surface area contributed by atoms with Gasteiger partial charge in [-0.1, -0.05) is 68.7 Å². The number of rotatable bonds is 4. The van der Waals surface area contributed by atoms with Gasteiger partial charge in [-0.25, -0.2) is 0 Å². The number of aliphatic hydroxyl groups is 2. The van der Waals surface area contributed by atoms with Gasteiger partial charge in [-0.2, -0.15) is 0 Å². The summed E-state index contributed by atoms with van der Waals surface area (Å²) in [5.41, 5.74) is 2.64. The van der Waals surface area contributed by atoms with Crippen molar-refractivity contribution in [1.82, 2.24) is 0 Å². The highest BCUT2D eigenvalue weighted by molar-refractivity contribution is 5.83. The van der Waals surface area contributed by atoms with Crippen LogP contribution in [0.25, 0.3) is 0 Å². The van der Waals surface area contributed by atoms with Crippen molar-refractivity contribution in [3.05, 3.63) is 46.6 Å². The Bertz CT molecular complexity index is 1020. The molecule has 0 aromatic carbocycles. The molecule has 4 heteroatoms. The Hall–Kier alpha value is -1.65. The molecule has 33 heavy (non-hydrogen) atoms. The molecule has 2 bridgehead atoms. The first kappa shape index (κ1) is 24.5. The third-order valence-electron chi connectivity index (χ3n) is 10.3. The predicted molar refractivity (Wildman–Crippen MR) is 131 cm³/mol. The number of fused-ring (bicyclic) bond motifs is 3. The van der Waals surface area contributed by atoms with Crippen molar-refractivity contribution in [1.29, 1.82) is 0 Å². The summed E-state index contributed by atoms with van der Waals surface area (Å²) in [6.45, 7) is 20.9. The van der Waals surface area contributed by atoms with Crippen molar-refractivity contribution in [2.45, 2.75) is 87.5 Å². The summed E-state index contributed by atoms with van der Waals surface area (Å²) in [7, 11) is 0. The molecule has 1 saturated heterocycles. The molecule has 0 unspecified atom stereocenters. The molecule has 2 N–H and O–H groups in total. The average Bonchev–Trinajstić information content (AvgIpc) is 2.97. The van der Waals surface area contributed by atoms with Gasteiger partial charge in [-0.05, 0) is 59.0 Å². The predicted octanol–water partition coefficient (Wildman–Crippen LogP) is 5.37. The topological polar surface area (TPSA) is 66.8 Å². The van der Waals surface area contributed by atoms with E-state index < -0.39 is 23.0 Å². The summed E-state index contributed by atoms with van der Waals surface area (Å²) in [5.74, 6) is -0.114. The second-order valence-electron chi connectivity index (χ2n) is 12.3. The van der Waals surface area contributed by atoms with Crippen molar-refractivity contribution in [2.24, 2.45) is 39.4 Å². The van der Waals surface area contributed by atoms with Crippen LogP contribution < -0.4 is 0 Å². The SMILES string of the molecule is C/C=C(\C)[C@@H](O)[C@@]1(C)[C@H](/C(C)=C/[C@]2(C)[C@H]3OC(=O)[C@]2(C)[C@H](O)[C@@H]3C)[C@]2(C)C=C(C)C=C(C)[C@@H]21. The summed E-state index contributed by atoms with van der Waals surface area (Å²) in [4.78, 5) is 12.8. The molecule has 4 aliphatic rings. The summed E-state index contributed by atoms with van der Waals surface area (Å²) in [6.07, 6.45) is 7.20. The quantitative estimate of drug-likeness (QED) is 0.442. The molecular weight excluding hydrogens is 412 g/mol. The van der Waals surface area contributed by atoms with E-state index in [4.69, 9.17) is 4.74 Å². The van der Waals surface area contributed by atoms with Gasteiger partial charge in [0.15, 0.2) is 0 Å². The number of aliphatic hydroxyl groups excluding tert-OH is 2. The Morgan fingerprint density at radius 1 is 1.18 bits per heavy atom. The Balaban J connectivity index is 1.87. The minimum absolute atomic E-state index is 0.0847. The summed E-state index contributed by atoms with van der Waals surface area (Å²) in [6, 6.07) is 0. The highest BCUT2D eigenvalue weighted by Gasteiger charge is 2.74. The largest absolute Gasteiger partial charge is 0.461 e.